The molecule has 0 radical (unpaired) electrons. The van der Waals surface area contributed by atoms with E-state index in [0.29, 0.717) is 6.54 Å². The van der Waals surface area contributed by atoms with Crippen LogP contribution in [0.1, 0.15) is 10.4 Å². The number of rotatable bonds is 5. The third-order valence-electron chi connectivity index (χ3n) is 1.85. The number of hydrogen-bond acceptors (Lipinski definition) is 4. The fourth-order valence-corrected chi connectivity index (χ4v) is 1.09. The number of hydrogen-bond donors (Lipinski definition) is 0. The Hall–Kier alpha value is -2.17. The molecular weight excluding hydrogens is 210 g/mol. The smallest absolute Gasteiger partial charge is 0.330 e. The molecule has 16 heavy (non-hydrogen) atoms. The molecule has 0 bridgehead atoms. The first kappa shape index (κ1) is 11.9. The van der Waals surface area contributed by atoms with Gasteiger partial charge in [0.2, 0.25) is 0 Å². The minimum absolute atomic E-state index is 0.0811. The topological polar surface area (TPSA) is 70.3 Å². The Morgan fingerprint density at radius 3 is 2.94 bits per heavy atom. The highest BCUT2D eigenvalue weighted by atomic mass is 16.5. The van der Waals surface area contributed by atoms with Crippen molar-refractivity contribution in [3.05, 3.63) is 42.7 Å². The van der Waals surface area contributed by atoms with Crippen molar-refractivity contribution >= 4 is 11.9 Å². The lowest BCUT2D eigenvalue weighted by Crippen LogP contribution is -2.37. The molecule has 1 aromatic rings. The van der Waals surface area contributed by atoms with Gasteiger partial charge in [-0.15, -0.1) is 0 Å². The fraction of sp³-hybridized carbons (Fsp3) is 0.182. The Kier molecular flexibility index (Phi) is 4.20. The summed E-state index contributed by atoms with van der Waals surface area (Å²) in [4.78, 5) is 21.3. The molecule has 0 spiro atoms. The largest absolute Gasteiger partial charge is 0.545 e. The van der Waals surface area contributed by atoms with E-state index in [1.54, 1.807) is 16.8 Å². The van der Waals surface area contributed by atoms with E-state index in [1.165, 1.54) is 12.3 Å². The van der Waals surface area contributed by atoms with Crippen LogP contribution in [0.3, 0.4) is 0 Å². The van der Waals surface area contributed by atoms with Gasteiger partial charge < -0.3 is 14.6 Å². The monoisotopic (exact) mass is 221 g/mol. The maximum atomic E-state index is 10.7. The number of nitrogens with zero attached hydrogens (tertiary/aromatic N) is 1. The molecule has 0 saturated heterocycles. The van der Waals surface area contributed by atoms with Gasteiger partial charge in [0.15, 0.2) is 25.5 Å². The van der Waals surface area contributed by atoms with Crippen molar-refractivity contribution in [1.29, 1.82) is 0 Å². The number of aromatic nitrogens is 1. The quantitative estimate of drug-likeness (QED) is 0.366. The van der Waals surface area contributed by atoms with E-state index in [0.717, 1.165) is 6.08 Å². The van der Waals surface area contributed by atoms with Crippen LogP contribution in [-0.2, 0) is 16.1 Å². The van der Waals surface area contributed by atoms with Gasteiger partial charge >= 0.3 is 5.97 Å². The number of pyridine rings is 1. The van der Waals surface area contributed by atoms with Crippen molar-refractivity contribution in [1.82, 2.24) is 0 Å². The third-order valence-corrected chi connectivity index (χ3v) is 1.85. The molecule has 1 aromatic heterocycles. The molecular formula is C11H11NO4. The summed E-state index contributed by atoms with van der Waals surface area (Å²) in [5.74, 6) is -1.74. The molecule has 0 saturated carbocycles. The fourth-order valence-electron chi connectivity index (χ4n) is 1.09. The maximum absolute atomic E-state index is 10.7. The Morgan fingerprint density at radius 2 is 2.31 bits per heavy atom. The van der Waals surface area contributed by atoms with E-state index in [2.05, 4.69) is 6.58 Å². The normalized spacial score (nSPS) is 9.50. The first-order chi connectivity index (χ1) is 7.63. The third kappa shape index (κ3) is 3.53. The summed E-state index contributed by atoms with van der Waals surface area (Å²) in [6, 6.07) is 3.02. The number of esters is 1. The van der Waals surface area contributed by atoms with Gasteiger partial charge in [-0.05, 0) is 6.07 Å². The molecule has 1 rings (SSSR count). The molecule has 0 aromatic carbocycles. The van der Waals surface area contributed by atoms with Crippen molar-refractivity contribution in [3.8, 4) is 0 Å². The summed E-state index contributed by atoms with van der Waals surface area (Å²) in [5.41, 5.74) is 0.0811. The van der Waals surface area contributed by atoms with Gasteiger partial charge in [0.1, 0.15) is 0 Å². The summed E-state index contributed by atoms with van der Waals surface area (Å²) in [5, 5.41) is 10.6. The van der Waals surface area contributed by atoms with Crippen molar-refractivity contribution in [2.24, 2.45) is 0 Å². The second-order valence-electron chi connectivity index (χ2n) is 2.99. The van der Waals surface area contributed by atoms with Gasteiger partial charge in [-0.2, -0.15) is 0 Å². The van der Waals surface area contributed by atoms with Crippen LogP contribution < -0.4 is 9.67 Å². The second kappa shape index (κ2) is 5.65. The lowest BCUT2D eigenvalue weighted by atomic mass is 10.3. The molecule has 0 N–H and O–H groups in total. The van der Waals surface area contributed by atoms with Crippen LogP contribution in [0.25, 0.3) is 0 Å². The minimum Gasteiger partial charge on any atom is -0.545 e. The first-order valence-corrected chi connectivity index (χ1v) is 4.63. The minimum atomic E-state index is -1.24. The van der Waals surface area contributed by atoms with Crippen LogP contribution in [0.5, 0.6) is 0 Å². The summed E-state index contributed by atoms with van der Waals surface area (Å²) < 4.78 is 6.35. The van der Waals surface area contributed by atoms with Gasteiger partial charge in [0.05, 0.1) is 11.5 Å². The SMILES string of the molecule is C=CC(=O)OCC[n+]1cccc(C(=O)[O-])c1. The molecule has 84 valence electrons. The van der Waals surface area contributed by atoms with Gasteiger partial charge in [0.25, 0.3) is 0 Å². The number of carboxylic acids is 1. The number of ether oxygens (including phenoxy) is 1. The summed E-state index contributed by atoms with van der Waals surface area (Å²) >= 11 is 0. The first-order valence-electron chi connectivity index (χ1n) is 4.63. The van der Waals surface area contributed by atoms with Crippen molar-refractivity contribution in [2.75, 3.05) is 6.61 Å². The maximum Gasteiger partial charge on any atom is 0.330 e. The van der Waals surface area contributed by atoms with E-state index in [9.17, 15) is 14.7 Å². The zero-order valence-electron chi connectivity index (χ0n) is 8.59. The van der Waals surface area contributed by atoms with Crippen LogP contribution in [-0.4, -0.2) is 18.5 Å². The Bertz CT molecular complexity index is 414. The van der Waals surface area contributed by atoms with Gasteiger partial charge in [-0.1, -0.05) is 6.58 Å². The molecule has 0 aliphatic rings. The van der Waals surface area contributed by atoms with Gasteiger partial charge in [-0.3, -0.25) is 0 Å². The molecule has 0 aliphatic heterocycles. The number of carbonyl (C=O) groups is 2. The lowest BCUT2D eigenvalue weighted by molar-refractivity contribution is -0.698. The summed E-state index contributed by atoms with van der Waals surface area (Å²) in [7, 11) is 0. The predicted octanol–water partition coefficient (Wildman–Crippen LogP) is -0.933. The zero-order valence-corrected chi connectivity index (χ0v) is 8.59. The molecule has 5 nitrogen and oxygen atoms in total. The highest BCUT2D eigenvalue weighted by Gasteiger charge is 2.04. The number of aromatic carboxylic acids is 1. The number of carbonyl (C=O) groups excluding carboxylic acids is 2. The van der Waals surface area contributed by atoms with E-state index in [1.807, 2.05) is 0 Å². The molecule has 0 fully saturated rings. The van der Waals surface area contributed by atoms with Crippen LogP contribution in [0.15, 0.2) is 37.2 Å². The molecule has 0 aliphatic carbocycles. The lowest BCUT2D eigenvalue weighted by Gasteiger charge is -2.02. The highest BCUT2D eigenvalue weighted by molar-refractivity contribution is 5.84. The number of carboxylic acid groups (broad SMARTS) is 1. The van der Waals surface area contributed by atoms with Gasteiger partial charge in [0, 0.05) is 12.1 Å². The average Bonchev–Trinajstić information content (AvgIpc) is 2.29. The molecule has 0 amide bonds. The van der Waals surface area contributed by atoms with Crippen molar-refractivity contribution < 1.29 is 24.0 Å². The van der Waals surface area contributed by atoms with E-state index >= 15 is 0 Å². The Balaban J connectivity index is 2.54. The summed E-state index contributed by atoms with van der Waals surface area (Å²) in [6.45, 7) is 3.79. The van der Waals surface area contributed by atoms with Gasteiger partial charge in [-0.25, -0.2) is 9.36 Å². The standard InChI is InChI=1S/C11H11NO4/c1-2-10(13)16-7-6-12-5-3-4-9(8-12)11(14)15/h2-5,8H,1,6-7H2. The molecule has 1 heterocycles. The Labute approximate surface area is 92.6 Å². The Morgan fingerprint density at radius 1 is 1.56 bits per heavy atom. The molecule has 0 atom stereocenters. The second-order valence-corrected chi connectivity index (χ2v) is 2.99. The van der Waals surface area contributed by atoms with Crippen molar-refractivity contribution in [2.45, 2.75) is 6.54 Å². The van der Waals surface area contributed by atoms with Crippen LogP contribution >= 0.6 is 0 Å². The summed E-state index contributed by atoms with van der Waals surface area (Å²) in [6.07, 6.45) is 4.16. The van der Waals surface area contributed by atoms with Crippen LogP contribution in [0.4, 0.5) is 0 Å². The van der Waals surface area contributed by atoms with Crippen LogP contribution in [0.2, 0.25) is 0 Å². The van der Waals surface area contributed by atoms with Crippen molar-refractivity contribution in [3.63, 3.8) is 0 Å². The zero-order chi connectivity index (χ0) is 12.0. The predicted molar refractivity (Wildman–Crippen MR) is 52.1 cm³/mol. The van der Waals surface area contributed by atoms with E-state index < -0.39 is 11.9 Å². The molecule has 5 heteroatoms. The van der Waals surface area contributed by atoms with E-state index in [-0.39, 0.29) is 12.2 Å². The molecule has 0 unspecified atom stereocenters. The van der Waals surface area contributed by atoms with Crippen LogP contribution in [0, 0.1) is 0 Å². The van der Waals surface area contributed by atoms with E-state index in [4.69, 9.17) is 4.74 Å². The average molecular weight is 221 g/mol. The highest BCUT2D eigenvalue weighted by Crippen LogP contribution is 1.91.